The highest BCUT2D eigenvalue weighted by molar-refractivity contribution is 5.53. The SMILES string of the molecule is Fc1cccc(-c2nc(CCn3nc(C(F)(F)F)cc3C3CC3)no2)c1F. The lowest BCUT2D eigenvalue weighted by atomic mass is 10.2. The Balaban J connectivity index is 1.52. The molecule has 0 N–H and O–H groups in total. The van der Waals surface area contributed by atoms with Crippen molar-refractivity contribution in [3.8, 4) is 11.5 Å². The first-order valence-corrected chi connectivity index (χ1v) is 8.25. The first-order chi connectivity index (χ1) is 12.8. The summed E-state index contributed by atoms with van der Waals surface area (Å²) in [6.45, 7) is 0.118. The molecule has 0 aliphatic heterocycles. The number of alkyl halides is 3. The van der Waals surface area contributed by atoms with Crippen molar-refractivity contribution in [2.75, 3.05) is 0 Å². The number of halogens is 5. The molecule has 3 aromatic rings. The Bertz CT molecular complexity index is 974. The van der Waals surface area contributed by atoms with Crippen LogP contribution in [0.15, 0.2) is 28.8 Å². The average Bonchev–Trinajstić information content (AvgIpc) is 3.17. The molecule has 1 saturated carbocycles. The second-order valence-corrected chi connectivity index (χ2v) is 6.32. The van der Waals surface area contributed by atoms with Gasteiger partial charge >= 0.3 is 6.18 Å². The summed E-state index contributed by atoms with van der Waals surface area (Å²) in [4.78, 5) is 4.00. The number of nitrogens with zero attached hydrogens (tertiary/aromatic N) is 4. The molecule has 0 amide bonds. The molecule has 4 rings (SSSR count). The normalized spacial score (nSPS) is 14.7. The van der Waals surface area contributed by atoms with E-state index in [1.807, 2.05) is 0 Å². The van der Waals surface area contributed by atoms with Crippen LogP contribution < -0.4 is 0 Å². The summed E-state index contributed by atoms with van der Waals surface area (Å²) in [6.07, 6.45) is -2.72. The Labute approximate surface area is 149 Å². The predicted octanol–water partition coefficient (Wildman–Crippen LogP) is 4.35. The number of hydrogen-bond donors (Lipinski definition) is 0. The molecule has 2 aromatic heterocycles. The number of aryl methyl sites for hydroxylation is 2. The van der Waals surface area contributed by atoms with Crippen LogP contribution in [0.3, 0.4) is 0 Å². The van der Waals surface area contributed by atoms with Crippen molar-refractivity contribution in [2.24, 2.45) is 0 Å². The molecule has 5 nitrogen and oxygen atoms in total. The number of benzene rings is 1. The quantitative estimate of drug-likeness (QED) is 0.614. The third-order valence-corrected chi connectivity index (χ3v) is 4.29. The van der Waals surface area contributed by atoms with Crippen molar-refractivity contribution in [3.05, 3.63) is 53.1 Å². The molecule has 27 heavy (non-hydrogen) atoms. The highest BCUT2D eigenvalue weighted by Crippen LogP contribution is 2.42. The third kappa shape index (κ3) is 3.56. The van der Waals surface area contributed by atoms with Gasteiger partial charge in [-0.15, -0.1) is 0 Å². The lowest BCUT2D eigenvalue weighted by molar-refractivity contribution is -0.141. The maximum absolute atomic E-state index is 13.8. The maximum atomic E-state index is 13.8. The number of hydrogen-bond acceptors (Lipinski definition) is 4. The van der Waals surface area contributed by atoms with E-state index in [1.54, 1.807) is 0 Å². The van der Waals surface area contributed by atoms with E-state index in [4.69, 9.17) is 4.52 Å². The number of rotatable bonds is 5. The van der Waals surface area contributed by atoms with Gasteiger partial charge in [0.15, 0.2) is 23.2 Å². The van der Waals surface area contributed by atoms with Crippen molar-refractivity contribution in [1.82, 2.24) is 19.9 Å². The fourth-order valence-electron chi connectivity index (χ4n) is 2.80. The van der Waals surface area contributed by atoms with Crippen LogP contribution in [-0.4, -0.2) is 19.9 Å². The molecule has 0 radical (unpaired) electrons. The van der Waals surface area contributed by atoms with Crippen LogP contribution >= 0.6 is 0 Å². The van der Waals surface area contributed by atoms with Gasteiger partial charge in [-0.05, 0) is 31.0 Å². The van der Waals surface area contributed by atoms with Gasteiger partial charge in [-0.1, -0.05) is 11.2 Å². The van der Waals surface area contributed by atoms with E-state index in [1.165, 1.54) is 16.8 Å². The van der Waals surface area contributed by atoms with Crippen molar-refractivity contribution >= 4 is 0 Å². The van der Waals surface area contributed by atoms with Crippen molar-refractivity contribution < 1.29 is 26.5 Å². The second kappa shape index (κ2) is 6.43. The number of aromatic nitrogens is 4. The first-order valence-electron chi connectivity index (χ1n) is 8.25. The summed E-state index contributed by atoms with van der Waals surface area (Å²) in [5.41, 5.74) is -0.576. The maximum Gasteiger partial charge on any atom is 0.435 e. The van der Waals surface area contributed by atoms with E-state index in [-0.39, 0.29) is 36.2 Å². The van der Waals surface area contributed by atoms with E-state index in [0.717, 1.165) is 25.0 Å². The zero-order valence-corrected chi connectivity index (χ0v) is 13.8. The molecule has 0 unspecified atom stereocenters. The highest BCUT2D eigenvalue weighted by Gasteiger charge is 2.37. The molecule has 1 aliphatic rings. The monoisotopic (exact) mass is 384 g/mol. The molecule has 1 aromatic carbocycles. The van der Waals surface area contributed by atoms with Crippen molar-refractivity contribution in [1.29, 1.82) is 0 Å². The minimum atomic E-state index is -4.51. The van der Waals surface area contributed by atoms with Gasteiger partial charge in [0.1, 0.15) is 0 Å². The zero-order chi connectivity index (χ0) is 19.2. The average molecular weight is 384 g/mol. The van der Waals surface area contributed by atoms with Gasteiger partial charge in [-0.25, -0.2) is 8.78 Å². The lowest BCUT2D eigenvalue weighted by Gasteiger charge is -2.04. The third-order valence-electron chi connectivity index (χ3n) is 4.29. The van der Waals surface area contributed by atoms with Gasteiger partial charge in [0.2, 0.25) is 0 Å². The molecule has 1 fully saturated rings. The minimum Gasteiger partial charge on any atom is -0.334 e. The zero-order valence-electron chi connectivity index (χ0n) is 13.8. The van der Waals surface area contributed by atoms with Gasteiger partial charge in [0, 0.05) is 24.6 Å². The van der Waals surface area contributed by atoms with E-state index in [2.05, 4.69) is 15.2 Å². The predicted molar refractivity (Wildman–Crippen MR) is 82.6 cm³/mol. The summed E-state index contributed by atoms with van der Waals surface area (Å²) in [6, 6.07) is 4.64. The molecular weight excluding hydrogens is 371 g/mol. The molecule has 10 heteroatoms. The van der Waals surface area contributed by atoms with Crippen LogP contribution in [0.25, 0.3) is 11.5 Å². The summed E-state index contributed by atoms with van der Waals surface area (Å²) >= 11 is 0. The summed E-state index contributed by atoms with van der Waals surface area (Å²) in [7, 11) is 0. The Morgan fingerprint density at radius 2 is 1.96 bits per heavy atom. The van der Waals surface area contributed by atoms with Crippen LogP contribution in [0.5, 0.6) is 0 Å². The Hall–Kier alpha value is -2.78. The van der Waals surface area contributed by atoms with Crippen LogP contribution in [0, 0.1) is 11.6 Å². The van der Waals surface area contributed by atoms with Crippen LogP contribution in [0.1, 0.15) is 36.0 Å². The van der Waals surface area contributed by atoms with Crippen LogP contribution in [-0.2, 0) is 19.1 Å². The Morgan fingerprint density at radius 3 is 2.67 bits per heavy atom. The van der Waals surface area contributed by atoms with Crippen LogP contribution in [0.2, 0.25) is 0 Å². The van der Waals surface area contributed by atoms with Gasteiger partial charge in [-0.2, -0.15) is 23.3 Å². The van der Waals surface area contributed by atoms with E-state index < -0.39 is 23.5 Å². The van der Waals surface area contributed by atoms with Crippen molar-refractivity contribution in [3.63, 3.8) is 0 Å². The highest BCUT2D eigenvalue weighted by atomic mass is 19.4. The molecule has 0 spiro atoms. The van der Waals surface area contributed by atoms with E-state index in [0.29, 0.717) is 5.69 Å². The van der Waals surface area contributed by atoms with Gasteiger partial charge in [-0.3, -0.25) is 4.68 Å². The molecule has 142 valence electrons. The molecule has 1 aliphatic carbocycles. The standard InChI is InChI=1S/C17H13F5N4O/c18-11-3-1-2-10(15(11)19)16-23-14(25-27-16)6-7-26-12(9-4-5-9)8-13(24-26)17(20,21)22/h1-3,8-9H,4-7H2. The smallest absolute Gasteiger partial charge is 0.334 e. The molecule has 0 atom stereocenters. The lowest BCUT2D eigenvalue weighted by Crippen LogP contribution is -2.10. The summed E-state index contributed by atoms with van der Waals surface area (Å²) in [5, 5.41) is 7.33. The van der Waals surface area contributed by atoms with E-state index in [9.17, 15) is 22.0 Å². The van der Waals surface area contributed by atoms with Gasteiger partial charge in [0.05, 0.1) is 5.56 Å². The fourth-order valence-corrected chi connectivity index (χ4v) is 2.80. The van der Waals surface area contributed by atoms with Gasteiger partial charge in [0.25, 0.3) is 5.89 Å². The Morgan fingerprint density at radius 1 is 1.19 bits per heavy atom. The second-order valence-electron chi connectivity index (χ2n) is 6.32. The fraction of sp³-hybridized carbons (Fsp3) is 0.353. The Kier molecular flexibility index (Phi) is 4.20. The molecule has 2 heterocycles. The first kappa shape index (κ1) is 17.6. The van der Waals surface area contributed by atoms with Gasteiger partial charge < -0.3 is 4.52 Å². The molecule has 0 bridgehead atoms. The largest absolute Gasteiger partial charge is 0.435 e. The van der Waals surface area contributed by atoms with Crippen molar-refractivity contribution in [2.45, 2.75) is 37.9 Å². The van der Waals surface area contributed by atoms with Crippen LogP contribution in [0.4, 0.5) is 22.0 Å². The van der Waals surface area contributed by atoms with E-state index >= 15 is 0 Å². The summed E-state index contributed by atoms with van der Waals surface area (Å²) < 4.78 is 72.1. The summed E-state index contributed by atoms with van der Waals surface area (Å²) in [5.74, 6) is -2.10. The topological polar surface area (TPSA) is 56.7 Å². The molecule has 0 saturated heterocycles. The molecular formula is C17H13F5N4O. The minimum absolute atomic E-state index is 0.0795.